The molecule has 0 amide bonds. The lowest BCUT2D eigenvalue weighted by Gasteiger charge is -1.88. The number of nitrogens with zero attached hydrogens (tertiary/aromatic N) is 1. The molecule has 0 atom stereocenters. The first-order chi connectivity index (χ1) is 15.7. The number of rotatable bonds is 0. The SMILES string of the molecule is Cc1ccc(Br)cc1.Cc1ccc(C#N)cc1.Cc1ccc(Cl)cc1.Cc1ccc(F)cc1. The maximum Gasteiger partial charge on any atom is 0.123 e. The first kappa shape index (κ1) is 28.1. The van der Waals surface area contributed by atoms with Crippen molar-refractivity contribution in [2.75, 3.05) is 0 Å². The molecule has 4 aromatic carbocycles. The van der Waals surface area contributed by atoms with E-state index in [4.69, 9.17) is 16.9 Å². The van der Waals surface area contributed by atoms with E-state index in [0.29, 0.717) is 0 Å². The van der Waals surface area contributed by atoms with Gasteiger partial charge < -0.3 is 0 Å². The highest BCUT2D eigenvalue weighted by molar-refractivity contribution is 9.10. The Hall–Kier alpha value is -2.93. The molecule has 4 aromatic rings. The molecule has 4 rings (SSSR count). The first-order valence-electron chi connectivity index (χ1n) is 10.3. The first-order valence-corrected chi connectivity index (χ1v) is 11.5. The predicted octanol–water partition coefficient (Wildman–Crippen LogP) is 9.41. The summed E-state index contributed by atoms with van der Waals surface area (Å²) in [5.41, 5.74) is 5.55. The lowest BCUT2D eigenvalue weighted by Crippen LogP contribution is -1.72. The highest BCUT2D eigenvalue weighted by Crippen LogP contribution is 2.09. The van der Waals surface area contributed by atoms with Crippen molar-refractivity contribution in [3.63, 3.8) is 0 Å². The van der Waals surface area contributed by atoms with Gasteiger partial charge in [-0.25, -0.2) is 4.39 Å². The number of aryl methyl sites for hydroxylation is 4. The van der Waals surface area contributed by atoms with Gasteiger partial charge in [-0.15, -0.1) is 0 Å². The van der Waals surface area contributed by atoms with E-state index in [1.807, 2.05) is 81.4 Å². The molecule has 0 spiro atoms. The molecule has 0 heterocycles. The quantitative estimate of drug-likeness (QED) is 0.225. The van der Waals surface area contributed by atoms with Gasteiger partial charge in [0.05, 0.1) is 11.6 Å². The summed E-state index contributed by atoms with van der Waals surface area (Å²) in [4.78, 5) is 0. The highest BCUT2D eigenvalue weighted by Gasteiger charge is 1.85. The van der Waals surface area contributed by atoms with Crippen LogP contribution in [0.4, 0.5) is 4.39 Å². The molecule has 4 heteroatoms. The number of nitriles is 1. The molecule has 0 aliphatic carbocycles. The Morgan fingerprint density at radius 2 is 0.939 bits per heavy atom. The summed E-state index contributed by atoms with van der Waals surface area (Å²) in [5.74, 6) is -0.171. The molecule has 0 radical (unpaired) electrons. The van der Waals surface area contributed by atoms with E-state index < -0.39 is 0 Å². The molecule has 0 aliphatic rings. The van der Waals surface area contributed by atoms with Gasteiger partial charge in [0.2, 0.25) is 0 Å². The van der Waals surface area contributed by atoms with Gasteiger partial charge in [-0.2, -0.15) is 5.26 Å². The van der Waals surface area contributed by atoms with E-state index in [0.717, 1.165) is 20.6 Å². The van der Waals surface area contributed by atoms with Crippen LogP contribution in [-0.4, -0.2) is 0 Å². The number of halogens is 3. The van der Waals surface area contributed by atoms with Crippen molar-refractivity contribution in [3.8, 4) is 6.07 Å². The Bertz CT molecular complexity index is 932. The molecule has 0 N–H and O–H groups in total. The van der Waals surface area contributed by atoms with Crippen LogP contribution in [0.15, 0.2) is 102 Å². The number of hydrogen-bond acceptors (Lipinski definition) is 1. The summed E-state index contributed by atoms with van der Waals surface area (Å²) in [6.45, 7) is 8.05. The van der Waals surface area contributed by atoms with E-state index >= 15 is 0 Å². The smallest absolute Gasteiger partial charge is 0.123 e. The Balaban J connectivity index is 0.000000220. The molecular weight excluding hydrogens is 497 g/mol. The Kier molecular flexibility index (Phi) is 13.5. The normalized spacial score (nSPS) is 9.03. The zero-order valence-corrected chi connectivity index (χ0v) is 21.7. The third-order valence-corrected chi connectivity index (χ3v) is 4.99. The second-order valence-corrected chi connectivity index (χ2v) is 8.72. The standard InChI is InChI=1S/C8H7N.C7H7Br.C7H7Cl.C7H7F/c1-7-2-4-8(6-9)5-3-7;3*1-6-2-4-7(8)5-3-6/h2-5H,1H3;3*2-5H,1H3. The van der Waals surface area contributed by atoms with Crippen molar-refractivity contribution in [2.45, 2.75) is 27.7 Å². The predicted molar refractivity (Wildman–Crippen MR) is 142 cm³/mol. The molecule has 0 unspecified atom stereocenters. The van der Waals surface area contributed by atoms with Crippen LogP contribution in [0.3, 0.4) is 0 Å². The Morgan fingerprint density at radius 3 is 1.24 bits per heavy atom. The van der Waals surface area contributed by atoms with Crippen molar-refractivity contribution >= 4 is 27.5 Å². The summed E-state index contributed by atoms with van der Waals surface area (Å²) < 4.78 is 13.2. The molecule has 0 aromatic heterocycles. The minimum atomic E-state index is -0.171. The van der Waals surface area contributed by atoms with Crippen LogP contribution in [0, 0.1) is 44.8 Å². The fraction of sp³-hybridized carbons (Fsp3) is 0.138. The van der Waals surface area contributed by atoms with Gasteiger partial charge in [-0.05, 0) is 76.2 Å². The van der Waals surface area contributed by atoms with Crippen molar-refractivity contribution in [1.29, 1.82) is 5.26 Å². The zero-order chi connectivity index (χ0) is 24.6. The molecule has 1 nitrogen and oxygen atoms in total. The van der Waals surface area contributed by atoms with Crippen molar-refractivity contribution in [2.24, 2.45) is 0 Å². The van der Waals surface area contributed by atoms with E-state index in [9.17, 15) is 4.39 Å². The van der Waals surface area contributed by atoms with Gasteiger partial charge in [0.25, 0.3) is 0 Å². The molecule has 0 saturated carbocycles. The van der Waals surface area contributed by atoms with Gasteiger partial charge in [-0.3, -0.25) is 0 Å². The number of benzene rings is 4. The number of hydrogen-bond donors (Lipinski definition) is 0. The van der Waals surface area contributed by atoms with Crippen LogP contribution in [0.1, 0.15) is 27.8 Å². The highest BCUT2D eigenvalue weighted by atomic mass is 79.9. The Morgan fingerprint density at radius 1 is 0.606 bits per heavy atom. The van der Waals surface area contributed by atoms with E-state index in [-0.39, 0.29) is 5.82 Å². The molecule has 33 heavy (non-hydrogen) atoms. The van der Waals surface area contributed by atoms with Gasteiger partial charge in [0.1, 0.15) is 5.82 Å². The van der Waals surface area contributed by atoms with Gasteiger partial charge in [0, 0.05) is 9.50 Å². The summed E-state index contributed by atoms with van der Waals surface area (Å²) in [6.07, 6.45) is 0. The summed E-state index contributed by atoms with van der Waals surface area (Å²) in [6, 6.07) is 31.9. The second kappa shape index (κ2) is 15.8. The third-order valence-electron chi connectivity index (χ3n) is 4.21. The fourth-order valence-corrected chi connectivity index (χ4v) is 2.62. The largest absolute Gasteiger partial charge is 0.207 e. The van der Waals surface area contributed by atoms with Crippen LogP contribution in [0.5, 0.6) is 0 Å². The van der Waals surface area contributed by atoms with E-state index in [1.165, 1.54) is 28.8 Å². The van der Waals surface area contributed by atoms with Crippen molar-refractivity contribution in [3.05, 3.63) is 140 Å². The van der Waals surface area contributed by atoms with Crippen LogP contribution in [0.2, 0.25) is 5.02 Å². The van der Waals surface area contributed by atoms with E-state index in [1.54, 1.807) is 12.1 Å². The third kappa shape index (κ3) is 14.0. The van der Waals surface area contributed by atoms with Crippen LogP contribution in [-0.2, 0) is 0 Å². The molecular formula is C29H28BrClFN. The van der Waals surface area contributed by atoms with Crippen LogP contribution >= 0.6 is 27.5 Å². The van der Waals surface area contributed by atoms with Crippen LogP contribution < -0.4 is 0 Å². The average Bonchev–Trinajstić information content (AvgIpc) is 2.81. The monoisotopic (exact) mass is 523 g/mol. The maximum atomic E-state index is 12.1. The van der Waals surface area contributed by atoms with Crippen molar-refractivity contribution in [1.82, 2.24) is 0 Å². The molecule has 0 aliphatic heterocycles. The fourth-order valence-electron chi connectivity index (χ4n) is 2.23. The summed E-state index contributed by atoms with van der Waals surface area (Å²) in [5, 5.41) is 9.18. The van der Waals surface area contributed by atoms with E-state index in [2.05, 4.69) is 41.1 Å². The van der Waals surface area contributed by atoms with Gasteiger partial charge in [-0.1, -0.05) is 98.3 Å². The van der Waals surface area contributed by atoms with Gasteiger partial charge in [0.15, 0.2) is 0 Å². The molecule has 170 valence electrons. The average molecular weight is 525 g/mol. The summed E-state index contributed by atoms with van der Waals surface area (Å²) >= 11 is 8.96. The minimum absolute atomic E-state index is 0.171. The minimum Gasteiger partial charge on any atom is -0.207 e. The summed E-state index contributed by atoms with van der Waals surface area (Å²) in [7, 11) is 0. The second-order valence-electron chi connectivity index (χ2n) is 7.36. The lowest BCUT2D eigenvalue weighted by molar-refractivity contribution is 0.627. The van der Waals surface area contributed by atoms with Gasteiger partial charge >= 0.3 is 0 Å². The van der Waals surface area contributed by atoms with Crippen LogP contribution in [0.25, 0.3) is 0 Å². The molecule has 0 saturated heterocycles. The molecule has 0 fully saturated rings. The lowest BCUT2D eigenvalue weighted by atomic mass is 10.2. The Labute approximate surface area is 210 Å². The van der Waals surface area contributed by atoms with Crippen molar-refractivity contribution < 1.29 is 4.39 Å². The topological polar surface area (TPSA) is 23.8 Å². The molecule has 0 bridgehead atoms. The zero-order valence-electron chi connectivity index (χ0n) is 19.3. The maximum absolute atomic E-state index is 12.1.